The predicted octanol–water partition coefficient (Wildman–Crippen LogP) is 4.58. The van der Waals surface area contributed by atoms with Crippen LogP contribution in [-0.4, -0.2) is 80.4 Å². The summed E-state index contributed by atoms with van der Waals surface area (Å²) in [4.78, 5) is 33.7. The van der Waals surface area contributed by atoms with Crippen LogP contribution in [0.15, 0.2) is 35.9 Å². The van der Waals surface area contributed by atoms with Crippen molar-refractivity contribution < 1.29 is 18.7 Å². The van der Waals surface area contributed by atoms with Crippen LogP contribution < -0.4 is 15.0 Å². The molecule has 0 aromatic heterocycles. The maximum Gasteiger partial charge on any atom is 0.254 e. The van der Waals surface area contributed by atoms with Crippen molar-refractivity contribution in [2.24, 2.45) is 0 Å². The molecule has 2 saturated heterocycles. The molecular formula is C30H34ClFN4O3. The van der Waals surface area contributed by atoms with Gasteiger partial charge < -0.3 is 24.8 Å². The normalized spacial score (nSPS) is 21.1. The van der Waals surface area contributed by atoms with Crippen molar-refractivity contribution in [3.8, 4) is 11.5 Å². The number of ether oxygens (including phenoxy) is 1. The van der Waals surface area contributed by atoms with E-state index in [9.17, 15) is 9.59 Å². The lowest BCUT2D eigenvalue weighted by atomic mass is 9.82. The molecule has 7 nitrogen and oxygen atoms in total. The fourth-order valence-corrected chi connectivity index (χ4v) is 6.51. The van der Waals surface area contributed by atoms with Crippen LogP contribution in [0.25, 0.3) is 0 Å². The highest BCUT2D eigenvalue weighted by Gasteiger charge is 2.39. The average Bonchev–Trinajstić information content (AvgIpc) is 3.40. The number of halogens is 2. The van der Waals surface area contributed by atoms with Gasteiger partial charge in [0.25, 0.3) is 5.91 Å². The van der Waals surface area contributed by atoms with Crippen molar-refractivity contribution in [3.63, 3.8) is 0 Å². The third-order valence-electron chi connectivity index (χ3n) is 8.50. The summed E-state index contributed by atoms with van der Waals surface area (Å²) in [6.07, 6.45) is 4.49. The van der Waals surface area contributed by atoms with Crippen LogP contribution in [0.3, 0.4) is 0 Å². The Morgan fingerprint density at radius 2 is 1.87 bits per heavy atom. The van der Waals surface area contributed by atoms with Gasteiger partial charge in [0.2, 0.25) is 0 Å². The molecule has 0 bridgehead atoms. The molecule has 206 valence electrons. The lowest BCUT2D eigenvalue weighted by Gasteiger charge is -2.38. The molecule has 2 fully saturated rings. The number of likely N-dealkylation sites (N-methyl/N-ethyl adjacent to an activating group) is 1. The Labute approximate surface area is 233 Å². The second-order valence-electron chi connectivity index (χ2n) is 10.7. The van der Waals surface area contributed by atoms with Crippen molar-refractivity contribution in [2.75, 3.05) is 63.8 Å². The van der Waals surface area contributed by atoms with Crippen molar-refractivity contribution in [2.45, 2.75) is 32.1 Å². The lowest BCUT2D eigenvalue weighted by Crippen LogP contribution is -2.46. The first-order valence-corrected chi connectivity index (χ1v) is 14.4. The van der Waals surface area contributed by atoms with Crippen LogP contribution in [0.5, 0.6) is 11.5 Å². The van der Waals surface area contributed by atoms with Gasteiger partial charge in [0.15, 0.2) is 17.3 Å². The van der Waals surface area contributed by atoms with Gasteiger partial charge >= 0.3 is 0 Å². The summed E-state index contributed by atoms with van der Waals surface area (Å²) in [6, 6.07) is 6.75. The number of carbonyl (C=O) groups excluding carboxylic acids is 2. The molecule has 3 heterocycles. The number of nitrogens with zero attached hydrogens (tertiary/aromatic N) is 3. The summed E-state index contributed by atoms with van der Waals surface area (Å²) >= 11 is 6.31. The summed E-state index contributed by atoms with van der Waals surface area (Å²) in [5.41, 5.74) is 2.17. The Morgan fingerprint density at radius 3 is 2.62 bits per heavy atom. The molecule has 0 saturated carbocycles. The van der Waals surface area contributed by atoms with E-state index < -0.39 is 17.5 Å². The smallest absolute Gasteiger partial charge is 0.254 e. The van der Waals surface area contributed by atoms with Gasteiger partial charge in [-0.25, -0.2) is 4.39 Å². The third-order valence-corrected chi connectivity index (χ3v) is 8.73. The van der Waals surface area contributed by atoms with E-state index in [2.05, 4.69) is 22.0 Å². The minimum Gasteiger partial charge on any atom is -0.454 e. The van der Waals surface area contributed by atoms with E-state index in [0.29, 0.717) is 53.8 Å². The molecule has 1 N–H and O–H groups in total. The lowest BCUT2D eigenvalue weighted by molar-refractivity contribution is -0.117. The Hall–Kier alpha value is -2.94. The molecule has 1 atom stereocenters. The third kappa shape index (κ3) is 4.94. The quantitative estimate of drug-likeness (QED) is 0.529. The molecule has 1 aliphatic carbocycles. The number of anilines is 1. The highest BCUT2D eigenvalue weighted by atomic mass is 35.5. The van der Waals surface area contributed by atoms with E-state index in [0.717, 1.165) is 44.8 Å². The molecular weight excluding hydrogens is 519 g/mol. The number of fused-ring (bicyclic) bond motifs is 2. The zero-order chi connectivity index (χ0) is 27.1. The van der Waals surface area contributed by atoms with Crippen LogP contribution in [0, 0.1) is 5.82 Å². The second kappa shape index (κ2) is 10.9. The van der Waals surface area contributed by atoms with Crippen molar-refractivity contribution >= 4 is 29.0 Å². The van der Waals surface area contributed by atoms with Crippen LogP contribution in [0.4, 0.5) is 10.1 Å². The summed E-state index contributed by atoms with van der Waals surface area (Å²) in [5.74, 6) is -0.719. The average molecular weight is 553 g/mol. The van der Waals surface area contributed by atoms with E-state index in [-0.39, 0.29) is 17.1 Å². The number of piperazine rings is 1. The molecule has 3 aliphatic heterocycles. The largest absolute Gasteiger partial charge is 0.454 e. The van der Waals surface area contributed by atoms with Crippen molar-refractivity contribution in [3.05, 3.63) is 63.4 Å². The number of ketones is 1. The number of rotatable bonds is 6. The topological polar surface area (TPSA) is 65.1 Å². The first-order chi connectivity index (χ1) is 18.9. The van der Waals surface area contributed by atoms with Gasteiger partial charge in [-0.3, -0.25) is 9.59 Å². The van der Waals surface area contributed by atoms with Crippen LogP contribution in [-0.2, 0) is 4.79 Å². The molecule has 0 spiro atoms. The van der Waals surface area contributed by atoms with E-state index in [1.54, 1.807) is 18.2 Å². The molecule has 6 rings (SSSR count). The zero-order valence-electron chi connectivity index (χ0n) is 22.3. The van der Waals surface area contributed by atoms with Crippen molar-refractivity contribution in [1.29, 1.82) is 0 Å². The minimum absolute atomic E-state index is 0.0623. The van der Waals surface area contributed by atoms with Gasteiger partial charge in [-0.15, -0.1) is 0 Å². The number of likely N-dealkylation sites (tertiary alicyclic amines) is 1. The minimum atomic E-state index is -0.512. The maximum absolute atomic E-state index is 16.0. The Kier molecular flexibility index (Phi) is 7.35. The van der Waals surface area contributed by atoms with Crippen LogP contribution >= 0.6 is 11.6 Å². The molecule has 39 heavy (non-hydrogen) atoms. The number of carbonyl (C=O) groups is 2. The van der Waals surface area contributed by atoms with Crippen molar-refractivity contribution in [1.82, 2.24) is 15.1 Å². The number of benzene rings is 2. The van der Waals surface area contributed by atoms with E-state index in [1.165, 1.54) is 18.9 Å². The molecule has 9 heteroatoms. The van der Waals surface area contributed by atoms with E-state index in [1.807, 2.05) is 11.0 Å². The number of Topliss-reactive ketones (excluding diaryl/α,β-unsaturated/α-hetero) is 1. The zero-order valence-corrected chi connectivity index (χ0v) is 23.0. The monoisotopic (exact) mass is 552 g/mol. The standard InChI is InChI=1S/C30H34ClFN4O3/c1-2-34-13-15-36(16-14-34)27-24(32)18-23-26-21(20-6-5-19(31)17-25(20)39-29(26)27)7-8-22(28(23)37)30(38)33-9-12-35-10-3-4-11-35/h5-6,8,17-18,21H,2-4,7,9-16H2,1H3,(H,33,38)/t21-/m0/s1. The highest BCUT2D eigenvalue weighted by molar-refractivity contribution is 6.30. The first kappa shape index (κ1) is 26.3. The summed E-state index contributed by atoms with van der Waals surface area (Å²) < 4.78 is 22.3. The van der Waals surface area contributed by atoms with Gasteiger partial charge in [0.05, 0.1) is 5.57 Å². The van der Waals surface area contributed by atoms with Crippen LogP contribution in [0.2, 0.25) is 5.02 Å². The Balaban J connectivity index is 1.37. The highest BCUT2D eigenvalue weighted by Crippen LogP contribution is 2.53. The van der Waals surface area contributed by atoms with Gasteiger partial charge in [0, 0.05) is 66.9 Å². The van der Waals surface area contributed by atoms with E-state index in [4.69, 9.17) is 16.3 Å². The molecule has 0 radical (unpaired) electrons. The number of nitrogens with one attached hydrogen (secondary N) is 1. The molecule has 4 aliphatic rings. The fourth-order valence-electron chi connectivity index (χ4n) is 6.34. The first-order valence-electron chi connectivity index (χ1n) is 14.0. The molecule has 0 unspecified atom stereocenters. The molecule has 2 aromatic carbocycles. The van der Waals surface area contributed by atoms with Gasteiger partial charge in [-0.1, -0.05) is 30.7 Å². The van der Waals surface area contributed by atoms with Gasteiger partial charge in [0.1, 0.15) is 11.4 Å². The summed E-state index contributed by atoms with van der Waals surface area (Å²) in [5, 5.41) is 3.44. The maximum atomic E-state index is 16.0. The molecule has 1 amide bonds. The Bertz CT molecular complexity index is 1330. The second-order valence-corrected chi connectivity index (χ2v) is 11.2. The number of amides is 1. The SMILES string of the molecule is CCN1CCN(c2c(F)cc3c4c2Oc2cc(Cl)ccc2[C@@H]4CC=C(C(=O)NCCN2CCCC2)C3=O)CC1. The van der Waals surface area contributed by atoms with Gasteiger partial charge in [-0.05, 0) is 57.1 Å². The Morgan fingerprint density at radius 1 is 1.10 bits per heavy atom. The summed E-state index contributed by atoms with van der Waals surface area (Å²) in [6.45, 7) is 9.31. The summed E-state index contributed by atoms with van der Waals surface area (Å²) in [7, 11) is 0. The number of allylic oxidation sites excluding steroid dienone is 1. The van der Waals surface area contributed by atoms with Crippen LogP contribution in [0.1, 0.15) is 53.6 Å². The van der Waals surface area contributed by atoms with E-state index >= 15 is 4.39 Å². The van der Waals surface area contributed by atoms with Gasteiger partial charge in [-0.2, -0.15) is 0 Å². The predicted molar refractivity (Wildman–Crippen MR) is 150 cm³/mol. The number of hydrogen-bond acceptors (Lipinski definition) is 6. The fraction of sp³-hybridized carbons (Fsp3) is 0.467. The molecule has 2 aromatic rings. The number of hydrogen-bond donors (Lipinski definition) is 1.